The molecule has 2 heteroatoms. The highest BCUT2D eigenvalue weighted by molar-refractivity contribution is 5.91. The van der Waals surface area contributed by atoms with E-state index in [1.165, 1.54) is 48.8 Å². The van der Waals surface area contributed by atoms with E-state index in [0.717, 1.165) is 49.9 Å². The van der Waals surface area contributed by atoms with Gasteiger partial charge in [0.05, 0.1) is 5.60 Å². The highest BCUT2D eigenvalue weighted by atomic mass is 16.5. The summed E-state index contributed by atoms with van der Waals surface area (Å²) in [5.74, 6) is 3.28. The number of carbonyl (C=O) groups excluding carboxylic acids is 1. The van der Waals surface area contributed by atoms with Crippen molar-refractivity contribution in [2.24, 2.45) is 34.5 Å². The molecule has 0 bridgehead atoms. The van der Waals surface area contributed by atoms with Crippen LogP contribution in [0, 0.1) is 34.5 Å². The fraction of sp³-hybridized carbons (Fsp3) is 0.583. The van der Waals surface area contributed by atoms with Gasteiger partial charge in [-0.05, 0) is 116 Å². The van der Waals surface area contributed by atoms with Crippen molar-refractivity contribution >= 4 is 5.78 Å². The first kappa shape index (κ1) is 24.8. The van der Waals surface area contributed by atoms with Crippen molar-refractivity contribution in [3.63, 3.8) is 0 Å². The third-order valence-electron chi connectivity index (χ3n) is 12.6. The molecule has 0 N–H and O–H groups in total. The molecule has 4 aliphatic carbocycles. The third kappa shape index (κ3) is 3.44. The number of hydrogen-bond acceptors (Lipinski definition) is 2. The second kappa shape index (κ2) is 8.65. The molecule has 1 aliphatic heterocycles. The summed E-state index contributed by atoms with van der Waals surface area (Å²) in [6, 6.07) is 22.0. The highest BCUT2D eigenvalue weighted by Crippen LogP contribution is 2.69. The average molecular weight is 509 g/mol. The Bertz CT molecular complexity index is 1210. The minimum Gasteiger partial charge on any atom is -0.359 e. The third-order valence-corrected chi connectivity index (χ3v) is 12.6. The Morgan fingerprint density at radius 3 is 2.08 bits per heavy atom. The Morgan fingerprint density at radius 1 is 0.711 bits per heavy atom. The van der Waals surface area contributed by atoms with Crippen LogP contribution in [0.15, 0.2) is 72.3 Å². The van der Waals surface area contributed by atoms with Gasteiger partial charge >= 0.3 is 0 Å². The lowest BCUT2D eigenvalue weighted by Gasteiger charge is -2.59. The van der Waals surface area contributed by atoms with Gasteiger partial charge in [-0.2, -0.15) is 0 Å². The summed E-state index contributed by atoms with van der Waals surface area (Å²) in [6.07, 6.45) is 13.7. The number of fused-ring (bicyclic) bond motifs is 5. The maximum absolute atomic E-state index is 12.2. The molecule has 3 saturated carbocycles. The molecular weight excluding hydrogens is 464 g/mol. The zero-order valence-corrected chi connectivity index (χ0v) is 23.5. The summed E-state index contributed by atoms with van der Waals surface area (Å²) in [5.41, 5.74) is 4.17. The Balaban J connectivity index is 1.21. The molecule has 1 heterocycles. The molecule has 5 aliphatic rings. The quantitative estimate of drug-likeness (QED) is 0.415. The molecule has 2 aromatic rings. The van der Waals surface area contributed by atoms with Crippen LogP contribution in [0.25, 0.3) is 0 Å². The summed E-state index contributed by atoms with van der Waals surface area (Å²) >= 11 is 0. The fourth-order valence-electron chi connectivity index (χ4n) is 10.7. The molecule has 2 aromatic carbocycles. The fourth-order valence-corrected chi connectivity index (χ4v) is 10.7. The van der Waals surface area contributed by atoms with Crippen LogP contribution in [0.2, 0.25) is 0 Å². The summed E-state index contributed by atoms with van der Waals surface area (Å²) in [4.78, 5) is 12.2. The zero-order valence-electron chi connectivity index (χ0n) is 23.5. The summed E-state index contributed by atoms with van der Waals surface area (Å²) in [5, 5.41) is 0. The molecule has 0 radical (unpaired) electrons. The van der Waals surface area contributed by atoms with Gasteiger partial charge in [0.2, 0.25) is 0 Å². The Morgan fingerprint density at radius 2 is 1.39 bits per heavy atom. The van der Waals surface area contributed by atoms with Crippen LogP contribution in [-0.4, -0.2) is 11.4 Å². The first-order valence-corrected chi connectivity index (χ1v) is 15.3. The van der Waals surface area contributed by atoms with Gasteiger partial charge in [0, 0.05) is 6.42 Å². The molecule has 0 aromatic heterocycles. The first-order valence-electron chi connectivity index (χ1n) is 15.3. The minimum absolute atomic E-state index is 0.122. The van der Waals surface area contributed by atoms with Crippen molar-refractivity contribution in [1.29, 1.82) is 0 Å². The summed E-state index contributed by atoms with van der Waals surface area (Å²) < 4.78 is 7.51. The molecule has 7 atom stereocenters. The largest absolute Gasteiger partial charge is 0.359 e. The predicted molar refractivity (Wildman–Crippen MR) is 153 cm³/mol. The Labute approximate surface area is 229 Å². The van der Waals surface area contributed by atoms with Crippen molar-refractivity contribution in [3.05, 3.63) is 83.4 Å². The number of benzene rings is 2. The Kier molecular flexibility index (Phi) is 5.65. The minimum atomic E-state index is -0.366. The van der Waals surface area contributed by atoms with Gasteiger partial charge in [-0.25, -0.2) is 0 Å². The zero-order chi connectivity index (χ0) is 26.2. The van der Waals surface area contributed by atoms with E-state index >= 15 is 0 Å². The second-order valence-corrected chi connectivity index (χ2v) is 14.1. The molecule has 2 nitrogen and oxygen atoms in total. The maximum atomic E-state index is 12.2. The average Bonchev–Trinajstić information content (AvgIpc) is 3.49. The topological polar surface area (TPSA) is 26.3 Å². The number of ether oxygens (including phenoxy) is 1. The highest BCUT2D eigenvalue weighted by Gasteiger charge is 2.64. The van der Waals surface area contributed by atoms with E-state index in [0.29, 0.717) is 17.1 Å². The van der Waals surface area contributed by atoms with E-state index in [1.807, 2.05) is 6.08 Å². The smallest absolute Gasteiger partial charge is 0.155 e. The number of carbonyl (C=O) groups is 1. The van der Waals surface area contributed by atoms with Crippen LogP contribution >= 0.6 is 0 Å². The van der Waals surface area contributed by atoms with Crippen LogP contribution in [0.4, 0.5) is 0 Å². The normalized spacial score (nSPS) is 41.7. The first-order chi connectivity index (χ1) is 18.3. The second-order valence-electron chi connectivity index (χ2n) is 14.1. The van der Waals surface area contributed by atoms with Gasteiger partial charge in [0.25, 0.3) is 0 Å². The van der Waals surface area contributed by atoms with Gasteiger partial charge in [-0.1, -0.05) is 80.1 Å². The van der Waals surface area contributed by atoms with Crippen LogP contribution < -0.4 is 0 Å². The van der Waals surface area contributed by atoms with E-state index in [4.69, 9.17) is 4.74 Å². The number of rotatable bonds is 3. The lowest BCUT2D eigenvalue weighted by Crippen LogP contribution is -2.53. The molecular formula is C36H44O2. The summed E-state index contributed by atoms with van der Waals surface area (Å²) in [7, 11) is 0. The molecule has 38 heavy (non-hydrogen) atoms. The molecule has 7 rings (SSSR count). The maximum Gasteiger partial charge on any atom is 0.155 e. The number of hydrogen-bond donors (Lipinski definition) is 0. The van der Waals surface area contributed by atoms with Crippen molar-refractivity contribution in [2.45, 2.75) is 96.2 Å². The van der Waals surface area contributed by atoms with Crippen LogP contribution in [-0.2, 0) is 15.1 Å². The molecule has 0 amide bonds. The molecule has 200 valence electrons. The molecule has 0 spiro atoms. The lowest BCUT2D eigenvalue weighted by atomic mass is 9.46. The van der Waals surface area contributed by atoms with Gasteiger partial charge in [-0.15, -0.1) is 0 Å². The van der Waals surface area contributed by atoms with Crippen LogP contribution in [0.1, 0.15) is 96.1 Å². The standard InChI is InChI=1S/C36H44O2/c1-33-20-18-28(37)24-27(33)14-15-29-30-16-17-32(34(30,2)21-19-31(29)33)35(3)22-23-36(38-35,25-10-6-4-7-11-25)26-12-8-5-9-13-26/h4-13,24,29-32H,14-23H2,1-3H3/t29?,30?,31?,32?,33-,34-,35?/m0/s1. The Hall–Kier alpha value is -2.19. The molecule has 4 fully saturated rings. The van der Waals surface area contributed by atoms with E-state index in [1.54, 1.807) is 0 Å². The van der Waals surface area contributed by atoms with E-state index in [9.17, 15) is 4.79 Å². The van der Waals surface area contributed by atoms with E-state index in [2.05, 4.69) is 81.4 Å². The van der Waals surface area contributed by atoms with Crippen LogP contribution in [0.5, 0.6) is 0 Å². The van der Waals surface area contributed by atoms with Crippen molar-refractivity contribution in [2.75, 3.05) is 0 Å². The van der Waals surface area contributed by atoms with Crippen LogP contribution in [0.3, 0.4) is 0 Å². The SMILES string of the molecule is CC1(C2CCC3C4CCC5=CC(=O)CC[C@]5(C)C4CC[C@@]32C)CCC(c2ccccc2)(c2ccccc2)O1. The molecule has 1 saturated heterocycles. The molecule has 5 unspecified atom stereocenters. The van der Waals surface area contributed by atoms with Crippen molar-refractivity contribution in [1.82, 2.24) is 0 Å². The van der Waals surface area contributed by atoms with E-state index < -0.39 is 0 Å². The van der Waals surface area contributed by atoms with Gasteiger partial charge in [-0.3, -0.25) is 4.79 Å². The lowest BCUT2D eigenvalue weighted by molar-refractivity contribution is -0.150. The van der Waals surface area contributed by atoms with Gasteiger partial charge in [0.15, 0.2) is 5.78 Å². The van der Waals surface area contributed by atoms with Crippen molar-refractivity contribution < 1.29 is 9.53 Å². The number of allylic oxidation sites excluding steroid dienone is 1. The van der Waals surface area contributed by atoms with Gasteiger partial charge in [0.1, 0.15) is 5.60 Å². The van der Waals surface area contributed by atoms with E-state index in [-0.39, 0.29) is 16.6 Å². The monoisotopic (exact) mass is 508 g/mol. The summed E-state index contributed by atoms with van der Waals surface area (Å²) in [6.45, 7) is 7.61. The predicted octanol–water partition coefficient (Wildman–Crippen LogP) is 8.65. The van der Waals surface area contributed by atoms with Gasteiger partial charge < -0.3 is 4.74 Å². The van der Waals surface area contributed by atoms with Crippen molar-refractivity contribution in [3.8, 4) is 0 Å². The number of ketones is 1.